The van der Waals surface area contributed by atoms with Gasteiger partial charge in [0.1, 0.15) is 5.60 Å². The predicted octanol–water partition coefficient (Wildman–Crippen LogP) is 2.73. The topological polar surface area (TPSA) is 50.4 Å². The summed E-state index contributed by atoms with van der Waals surface area (Å²) in [6, 6.07) is 10.4. The monoisotopic (exact) mass is 290 g/mol. The third-order valence-electron chi connectivity index (χ3n) is 3.67. The summed E-state index contributed by atoms with van der Waals surface area (Å²) in [5.74, 6) is 0.456. The van der Waals surface area contributed by atoms with Gasteiger partial charge in [-0.05, 0) is 58.2 Å². The molecular formula is C17H26N2O2. The lowest BCUT2D eigenvalue weighted by Gasteiger charge is -2.27. The predicted molar refractivity (Wildman–Crippen MR) is 84.3 cm³/mol. The zero-order chi connectivity index (χ0) is 15.3. The van der Waals surface area contributed by atoms with Crippen LogP contribution in [0.1, 0.15) is 32.8 Å². The minimum absolute atomic E-state index is 0.109. The average molecular weight is 290 g/mol. The van der Waals surface area contributed by atoms with E-state index in [1.807, 2.05) is 39.0 Å². The first-order chi connectivity index (χ1) is 9.94. The largest absolute Gasteiger partial charge is 0.444 e. The van der Waals surface area contributed by atoms with Crippen molar-refractivity contribution in [2.75, 3.05) is 13.1 Å². The molecule has 4 heteroatoms. The molecular weight excluding hydrogens is 264 g/mol. The van der Waals surface area contributed by atoms with Crippen molar-refractivity contribution in [1.29, 1.82) is 0 Å². The summed E-state index contributed by atoms with van der Waals surface area (Å²) in [5, 5.41) is 6.43. The van der Waals surface area contributed by atoms with E-state index in [-0.39, 0.29) is 12.1 Å². The lowest BCUT2D eigenvalue weighted by atomic mass is 9.93. The molecule has 1 heterocycles. The highest BCUT2D eigenvalue weighted by molar-refractivity contribution is 5.68. The molecule has 1 saturated heterocycles. The molecule has 1 fully saturated rings. The Morgan fingerprint density at radius 2 is 2.10 bits per heavy atom. The van der Waals surface area contributed by atoms with Gasteiger partial charge in [-0.3, -0.25) is 0 Å². The van der Waals surface area contributed by atoms with E-state index in [9.17, 15) is 4.79 Å². The van der Waals surface area contributed by atoms with Crippen LogP contribution in [-0.2, 0) is 11.2 Å². The van der Waals surface area contributed by atoms with Crippen LogP contribution < -0.4 is 10.6 Å². The Morgan fingerprint density at radius 1 is 1.38 bits per heavy atom. The van der Waals surface area contributed by atoms with Crippen LogP contribution in [0.25, 0.3) is 0 Å². The minimum atomic E-state index is -0.463. The molecule has 0 aliphatic carbocycles. The number of nitrogens with one attached hydrogen (secondary N) is 2. The molecule has 2 unspecified atom stereocenters. The fraction of sp³-hybridized carbons (Fsp3) is 0.588. The number of ether oxygens (including phenoxy) is 1. The molecule has 1 aromatic rings. The second-order valence-electron chi connectivity index (χ2n) is 6.70. The highest BCUT2D eigenvalue weighted by Gasteiger charge is 2.28. The average Bonchev–Trinajstić information content (AvgIpc) is 2.90. The molecule has 21 heavy (non-hydrogen) atoms. The van der Waals surface area contributed by atoms with Crippen molar-refractivity contribution in [2.45, 2.75) is 45.3 Å². The van der Waals surface area contributed by atoms with Gasteiger partial charge >= 0.3 is 6.09 Å². The van der Waals surface area contributed by atoms with Gasteiger partial charge in [0, 0.05) is 6.04 Å². The molecule has 1 aromatic carbocycles. The number of alkyl carbamates (subject to hydrolysis) is 1. The Morgan fingerprint density at radius 3 is 2.67 bits per heavy atom. The van der Waals surface area contributed by atoms with Crippen molar-refractivity contribution < 1.29 is 9.53 Å². The van der Waals surface area contributed by atoms with Crippen LogP contribution in [0.4, 0.5) is 4.79 Å². The zero-order valence-electron chi connectivity index (χ0n) is 13.2. The van der Waals surface area contributed by atoms with E-state index in [1.165, 1.54) is 5.56 Å². The van der Waals surface area contributed by atoms with Crippen LogP contribution in [-0.4, -0.2) is 30.8 Å². The van der Waals surface area contributed by atoms with E-state index < -0.39 is 5.60 Å². The minimum Gasteiger partial charge on any atom is -0.444 e. The van der Waals surface area contributed by atoms with E-state index in [0.29, 0.717) is 5.92 Å². The number of benzene rings is 1. The Labute approximate surface area is 127 Å². The summed E-state index contributed by atoms with van der Waals surface area (Å²) < 4.78 is 5.40. The number of amides is 1. The van der Waals surface area contributed by atoms with Gasteiger partial charge in [-0.2, -0.15) is 0 Å². The van der Waals surface area contributed by atoms with Gasteiger partial charge in [-0.1, -0.05) is 30.3 Å². The van der Waals surface area contributed by atoms with Crippen molar-refractivity contribution in [3.63, 3.8) is 0 Å². The summed E-state index contributed by atoms with van der Waals surface area (Å²) >= 11 is 0. The van der Waals surface area contributed by atoms with Crippen LogP contribution >= 0.6 is 0 Å². The van der Waals surface area contributed by atoms with Crippen LogP contribution in [0, 0.1) is 5.92 Å². The van der Waals surface area contributed by atoms with Crippen molar-refractivity contribution in [1.82, 2.24) is 10.6 Å². The molecule has 2 rings (SSSR count). The van der Waals surface area contributed by atoms with Crippen molar-refractivity contribution in [3.8, 4) is 0 Å². The molecule has 2 N–H and O–H groups in total. The first kappa shape index (κ1) is 15.8. The van der Waals surface area contributed by atoms with Crippen LogP contribution in [0.3, 0.4) is 0 Å². The molecule has 0 aromatic heterocycles. The van der Waals surface area contributed by atoms with E-state index in [4.69, 9.17) is 4.74 Å². The smallest absolute Gasteiger partial charge is 0.407 e. The fourth-order valence-electron chi connectivity index (χ4n) is 2.68. The molecule has 1 aliphatic heterocycles. The molecule has 0 radical (unpaired) electrons. The Hall–Kier alpha value is -1.55. The van der Waals surface area contributed by atoms with Gasteiger partial charge in [0.05, 0.1) is 0 Å². The van der Waals surface area contributed by atoms with Gasteiger partial charge in [-0.25, -0.2) is 4.79 Å². The summed E-state index contributed by atoms with van der Waals surface area (Å²) in [4.78, 5) is 12.1. The molecule has 2 atom stereocenters. The number of carbonyl (C=O) groups is 1. The van der Waals surface area contributed by atoms with E-state index in [1.54, 1.807) is 0 Å². The van der Waals surface area contributed by atoms with Crippen molar-refractivity contribution in [3.05, 3.63) is 35.9 Å². The second-order valence-corrected chi connectivity index (χ2v) is 6.70. The maximum atomic E-state index is 12.1. The first-order valence-corrected chi connectivity index (χ1v) is 7.68. The highest BCUT2D eigenvalue weighted by Crippen LogP contribution is 2.18. The summed E-state index contributed by atoms with van der Waals surface area (Å²) in [6.07, 6.45) is 1.61. The van der Waals surface area contributed by atoms with Gasteiger partial charge in [0.15, 0.2) is 0 Å². The number of carbonyl (C=O) groups excluding carboxylic acids is 1. The standard InChI is InChI=1S/C17H26N2O2/c1-17(2,3)21-16(20)19-15(14-9-10-18-12-14)11-13-7-5-4-6-8-13/h4-8,14-15,18H,9-12H2,1-3H3,(H,19,20). The molecule has 4 nitrogen and oxygen atoms in total. The summed E-state index contributed by atoms with van der Waals surface area (Å²) in [6.45, 7) is 7.63. The van der Waals surface area contributed by atoms with Crippen molar-refractivity contribution >= 4 is 6.09 Å². The molecule has 116 valence electrons. The normalized spacial score (nSPS) is 20.0. The Bertz CT molecular complexity index is 448. The van der Waals surface area contributed by atoms with Gasteiger partial charge in [0.25, 0.3) is 0 Å². The van der Waals surface area contributed by atoms with E-state index in [0.717, 1.165) is 25.9 Å². The van der Waals surface area contributed by atoms with Gasteiger partial charge in [-0.15, -0.1) is 0 Å². The van der Waals surface area contributed by atoms with E-state index >= 15 is 0 Å². The van der Waals surface area contributed by atoms with E-state index in [2.05, 4.69) is 22.8 Å². The maximum absolute atomic E-state index is 12.1. The summed E-state index contributed by atoms with van der Waals surface area (Å²) in [5.41, 5.74) is 0.778. The van der Waals surface area contributed by atoms with Gasteiger partial charge < -0.3 is 15.4 Å². The Balaban J connectivity index is 2.00. The number of rotatable bonds is 4. The number of hydrogen-bond donors (Lipinski definition) is 2. The number of hydrogen-bond acceptors (Lipinski definition) is 3. The van der Waals surface area contributed by atoms with Gasteiger partial charge in [0.2, 0.25) is 0 Å². The zero-order valence-corrected chi connectivity index (χ0v) is 13.2. The van der Waals surface area contributed by atoms with Crippen molar-refractivity contribution in [2.24, 2.45) is 5.92 Å². The third kappa shape index (κ3) is 5.38. The fourth-order valence-corrected chi connectivity index (χ4v) is 2.68. The first-order valence-electron chi connectivity index (χ1n) is 7.68. The van der Waals surface area contributed by atoms with Crippen LogP contribution in [0.5, 0.6) is 0 Å². The highest BCUT2D eigenvalue weighted by atomic mass is 16.6. The van der Waals surface area contributed by atoms with Crippen LogP contribution in [0.15, 0.2) is 30.3 Å². The lowest BCUT2D eigenvalue weighted by Crippen LogP contribution is -2.44. The molecule has 0 saturated carbocycles. The maximum Gasteiger partial charge on any atom is 0.407 e. The molecule has 1 aliphatic rings. The molecule has 0 spiro atoms. The SMILES string of the molecule is CC(C)(C)OC(=O)NC(Cc1ccccc1)C1CCNC1. The quantitative estimate of drug-likeness (QED) is 0.896. The molecule has 0 bridgehead atoms. The second kappa shape index (κ2) is 6.94. The Kier molecular flexibility index (Phi) is 5.23. The lowest BCUT2D eigenvalue weighted by molar-refractivity contribution is 0.0488. The van der Waals surface area contributed by atoms with Crippen LogP contribution in [0.2, 0.25) is 0 Å². The third-order valence-corrected chi connectivity index (χ3v) is 3.67. The molecule has 1 amide bonds. The summed E-state index contributed by atoms with van der Waals surface area (Å²) in [7, 11) is 0.